The van der Waals surface area contributed by atoms with Crippen LogP contribution in [-0.2, 0) is 4.79 Å². The maximum absolute atomic E-state index is 12.1. The van der Waals surface area contributed by atoms with Crippen LogP contribution in [0, 0.1) is 5.92 Å². The minimum atomic E-state index is -1.09. The Morgan fingerprint density at radius 3 is 2.70 bits per heavy atom. The van der Waals surface area contributed by atoms with Gasteiger partial charge in [0.1, 0.15) is 5.75 Å². The van der Waals surface area contributed by atoms with Crippen LogP contribution in [0.5, 0.6) is 5.75 Å². The van der Waals surface area contributed by atoms with Crippen molar-refractivity contribution in [3.05, 3.63) is 24.3 Å². The number of benzene rings is 1. The Labute approximate surface area is 138 Å². The maximum Gasteiger partial charge on any atom is 0.250 e. The zero-order chi connectivity index (χ0) is 16.7. The first-order chi connectivity index (χ1) is 11.1. The molecule has 0 aromatic heterocycles. The summed E-state index contributed by atoms with van der Waals surface area (Å²) in [5.41, 5.74) is 0.765. The van der Waals surface area contributed by atoms with E-state index in [1.807, 2.05) is 24.3 Å². The molecule has 1 saturated carbocycles. The number of rotatable bonds is 7. The Bertz CT molecular complexity index is 501. The number of methoxy groups -OCH3 is 1. The molecular formula is C18H28N2O3. The van der Waals surface area contributed by atoms with Crippen molar-refractivity contribution >= 4 is 11.6 Å². The van der Waals surface area contributed by atoms with Gasteiger partial charge in [-0.15, -0.1) is 0 Å². The lowest BCUT2D eigenvalue weighted by Crippen LogP contribution is -2.45. The molecule has 1 fully saturated rings. The van der Waals surface area contributed by atoms with Crippen LogP contribution in [0.25, 0.3) is 0 Å². The number of aliphatic hydroxyl groups is 1. The molecule has 0 aliphatic heterocycles. The fourth-order valence-corrected chi connectivity index (χ4v) is 3.06. The molecule has 23 heavy (non-hydrogen) atoms. The molecule has 0 spiro atoms. The van der Waals surface area contributed by atoms with Gasteiger partial charge in [0.2, 0.25) is 0 Å². The summed E-state index contributed by atoms with van der Waals surface area (Å²) >= 11 is 0. The monoisotopic (exact) mass is 320 g/mol. The lowest BCUT2D eigenvalue weighted by Gasteiger charge is -2.25. The fraction of sp³-hybridized carbons (Fsp3) is 0.611. The van der Waals surface area contributed by atoms with Crippen molar-refractivity contribution < 1.29 is 14.6 Å². The van der Waals surface area contributed by atoms with Crippen LogP contribution in [-0.4, -0.2) is 36.8 Å². The minimum Gasteiger partial charge on any atom is -0.495 e. The normalized spacial score (nSPS) is 18.0. The highest BCUT2D eigenvalue weighted by atomic mass is 16.5. The number of carbonyl (C=O) groups is 1. The van der Waals surface area contributed by atoms with Gasteiger partial charge in [-0.25, -0.2) is 0 Å². The molecular weight excluding hydrogens is 292 g/mol. The molecule has 2 rings (SSSR count). The first kappa shape index (κ1) is 17.6. The topological polar surface area (TPSA) is 70.6 Å². The number of amides is 1. The van der Waals surface area contributed by atoms with Crippen molar-refractivity contribution in [2.75, 3.05) is 19.0 Å². The molecule has 128 valence electrons. The van der Waals surface area contributed by atoms with Gasteiger partial charge in [0, 0.05) is 6.54 Å². The Balaban J connectivity index is 1.83. The Morgan fingerprint density at radius 1 is 1.30 bits per heavy atom. The van der Waals surface area contributed by atoms with Gasteiger partial charge in [0.15, 0.2) is 6.10 Å². The molecule has 1 aliphatic rings. The third-order valence-corrected chi connectivity index (χ3v) is 4.52. The summed E-state index contributed by atoms with van der Waals surface area (Å²) in [6.07, 6.45) is 5.04. The second-order valence-corrected chi connectivity index (χ2v) is 6.33. The summed E-state index contributed by atoms with van der Waals surface area (Å²) in [6, 6.07) is 7.06. The van der Waals surface area contributed by atoms with Gasteiger partial charge < -0.3 is 20.5 Å². The van der Waals surface area contributed by atoms with Gasteiger partial charge in [-0.3, -0.25) is 4.79 Å². The summed E-state index contributed by atoms with van der Waals surface area (Å²) in [5.74, 6) is 0.928. The molecule has 3 N–H and O–H groups in total. The van der Waals surface area contributed by atoms with E-state index in [1.165, 1.54) is 32.1 Å². The Morgan fingerprint density at radius 2 is 2.00 bits per heavy atom. The van der Waals surface area contributed by atoms with E-state index >= 15 is 0 Å². The van der Waals surface area contributed by atoms with E-state index in [0.717, 1.165) is 5.69 Å². The smallest absolute Gasteiger partial charge is 0.250 e. The molecule has 1 aliphatic carbocycles. The summed E-state index contributed by atoms with van der Waals surface area (Å²) in [4.78, 5) is 12.1. The second-order valence-electron chi connectivity index (χ2n) is 6.33. The standard InChI is InChI=1S/C18H28N2O3/c1-13(20-15-10-6-7-11-16(15)23-2)17(21)18(22)19-12-14-8-4-3-5-9-14/h6-7,10-11,13-14,17,20-21H,3-5,8-9,12H2,1-2H3,(H,19,22). The number of carbonyl (C=O) groups excluding carboxylic acids is 1. The van der Waals surface area contributed by atoms with Crippen molar-refractivity contribution in [2.24, 2.45) is 5.92 Å². The summed E-state index contributed by atoms with van der Waals surface area (Å²) in [5, 5.41) is 16.3. The number of aliphatic hydroxyl groups excluding tert-OH is 1. The molecule has 5 nitrogen and oxygen atoms in total. The third-order valence-electron chi connectivity index (χ3n) is 4.52. The molecule has 2 unspecified atom stereocenters. The van der Waals surface area contributed by atoms with Gasteiger partial charge in [-0.05, 0) is 37.8 Å². The first-order valence-corrected chi connectivity index (χ1v) is 8.47. The summed E-state index contributed by atoms with van der Waals surface area (Å²) in [6.45, 7) is 2.45. The zero-order valence-electron chi connectivity index (χ0n) is 14.0. The highest BCUT2D eigenvalue weighted by Crippen LogP contribution is 2.24. The first-order valence-electron chi connectivity index (χ1n) is 8.47. The quantitative estimate of drug-likeness (QED) is 0.722. The minimum absolute atomic E-state index is 0.314. The van der Waals surface area contributed by atoms with Gasteiger partial charge >= 0.3 is 0 Å². The van der Waals surface area contributed by atoms with Crippen LogP contribution in [0.3, 0.4) is 0 Å². The Hall–Kier alpha value is -1.75. The predicted octanol–water partition coefficient (Wildman–Crippen LogP) is 2.55. The van der Waals surface area contributed by atoms with Gasteiger partial charge in [-0.2, -0.15) is 0 Å². The lowest BCUT2D eigenvalue weighted by atomic mass is 9.89. The fourth-order valence-electron chi connectivity index (χ4n) is 3.06. The van der Waals surface area contributed by atoms with E-state index in [2.05, 4.69) is 10.6 Å². The van der Waals surface area contributed by atoms with Crippen molar-refractivity contribution in [3.8, 4) is 5.75 Å². The van der Waals surface area contributed by atoms with Gasteiger partial charge in [0.25, 0.3) is 5.91 Å². The van der Waals surface area contributed by atoms with E-state index in [4.69, 9.17) is 4.74 Å². The number of ether oxygens (including phenoxy) is 1. The number of hydrogen-bond acceptors (Lipinski definition) is 4. The predicted molar refractivity (Wildman–Crippen MR) is 91.7 cm³/mol. The molecule has 5 heteroatoms. The van der Waals surface area contributed by atoms with Crippen molar-refractivity contribution in [3.63, 3.8) is 0 Å². The Kier molecular flexibility index (Phi) is 6.71. The van der Waals surface area contributed by atoms with Crippen molar-refractivity contribution in [1.82, 2.24) is 5.32 Å². The van der Waals surface area contributed by atoms with Crippen LogP contribution in [0.4, 0.5) is 5.69 Å². The summed E-state index contributed by atoms with van der Waals surface area (Å²) < 4.78 is 5.27. The number of para-hydroxylation sites is 2. The molecule has 0 bridgehead atoms. The van der Waals surface area contributed by atoms with Gasteiger partial charge in [0.05, 0.1) is 18.8 Å². The van der Waals surface area contributed by atoms with Crippen molar-refractivity contribution in [1.29, 1.82) is 0 Å². The average molecular weight is 320 g/mol. The van der Waals surface area contributed by atoms with Crippen LogP contribution in [0.15, 0.2) is 24.3 Å². The lowest BCUT2D eigenvalue weighted by molar-refractivity contribution is -0.130. The van der Waals surface area contributed by atoms with Crippen LogP contribution in [0.1, 0.15) is 39.0 Å². The highest BCUT2D eigenvalue weighted by molar-refractivity contribution is 5.81. The van der Waals surface area contributed by atoms with E-state index in [-0.39, 0.29) is 5.91 Å². The largest absolute Gasteiger partial charge is 0.495 e. The van der Waals surface area contributed by atoms with Gasteiger partial charge in [-0.1, -0.05) is 31.4 Å². The molecule has 0 saturated heterocycles. The highest BCUT2D eigenvalue weighted by Gasteiger charge is 2.24. The number of nitrogens with one attached hydrogen (secondary N) is 2. The third kappa shape index (κ3) is 5.13. The SMILES string of the molecule is COc1ccccc1NC(C)C(O)C(=O)NCC1CCCCC1. The van der Waals surface area contributed by atoms with E-state index < -0.39 is 12.1 Å². The van der Waals surface area contributed by atoms with Crippen LogP contribution >= 0.6 is 0 Å². The van der Waals surface area contributed by atoms with Crippen molar-refractivity contribution in [2.45, 2.75) is 51.2 Å². The molecule has 1 aromatic rings. The molecule has 2 atom stereocenters. The molecule has 0 heterocycles. The van der Waals surface area contributed by atoms with E-state index in [1.54, 1.807) is 14.0 Å². The molecule has 1 aromatic carbocycles. The average Bonchev–Trinajstić information content (AvgIpc) is 2.60. The zero-order valence-corrected chi connectivity index (χ0v) is 14.0. The summed E-state index contributed by atoms with van der Waals surface area (Å²) in [7, 11) is 1.60. The van der Waals surface area contributed by atoms with Crippen LogP contribution in [0.2, 0.25) is 0 Å². The molecule has 1 amide bonds. The van der Waals surface area contributed by atoms with Crippen LogP contribution < -0.4 is 15.4 Å². The molecule has 0 radical (unpaired) electrons. The number of hydrogen-bond donors (Lipinski definition) is 3. The maximum atomic E-state index is 12.1. The van der Waals surface area contributed by atoms with E-state index in [9.17, 15) is 9.90 Å². The number of anilines is 1. The van der Waals surface area contributed by atoms with E-state index in [0.29, 0.717) is 18.2 Å². The second kappa shape index (κ2) is 8.77.